The van der Waals surface area contributed by atoms with E-state index >= 15 is 0 Å². The summed E-state index contributed by atoms with van der Waals surface area (Å²) in [6, 6.07) is 5.89. The molecule has 0 spiro atoms. The van der Waals surface area contributed by atoms with E-state index in [4.69, 9.17) is 22.1 Å². The Labute approximate surface area is 181 Å². The van der Waals surface area contributed by atoms with E-state index in [0.29, 0.717) is 29.3 Å². The minimum absolute atomic E-state index is 0.00819. The molecule has 0 radical (unpaired) electrons. The highest BCUT2D eigenvalue weighted by atomic mass is 35.5. The lowest BCUT2D eigenvalue weighted by Crippen LogP contribution is -2.36. The maximum Gasteiger partial charge on any atom is 0.258 e. The number of amides is 1. The largest absolute Gasteiger partial charge is 0.486 e. The van der Waals surface area contributed by atoms with Crippen molar-refractivity contribution in [3.8, 4) is 5.75 Å². The number of pyridine rings is 1. The zero-order chi connectivity index (χ0) is 21.4. The highest BCUT2D eigenvalue weighted by Crippen LogP contribution is 2.41. The van der Waals surface area contributed by atoms with E-state index in [9.17, 15) is 4.79 Å². The number of aromatic nitrogens is 1. The van der Waals surface area contributed by atoms with Gasteiger partial charge in [-0.2, -0.15) is 0 Å². The molecule has 2 aliphatic rings. The van der Waals surface area contributed by atoms with Gasteiger partial charge < -0.3 is 15.4 Å². The average Bonchev–Trinajstić information content (AvgIpc) is 3.07. The summed E-state index contributed by atoms with van der Waals surface area (Å²) in [5.41, 5.74) is 10.6. The molecule has 1 aromatic heterocycles. The summed E-state index contributed by atoms with van der Waals surface area (Å²) in [4.78, 5) is 23.5. The predicted molar refractivity (Wildman–Crippen MR) is 119 cm³/mol. The van der Waals surface area contributed by atoms with Crippen LogP contribution in [0.2, 0.25) is 5.02 Å². The summed E-state index contributed by atoms with van der Waals surface area (Å²) in [6.45, 7) is 4.71. The number of carbonyl (C=O) groups is 1. The second-order valence-corrected chi connectivity index (χ2v) is 8.15. The Kier molecular flexibility index (Phi) is 5.52. The lowest BCUT2D eigenvalue weighted by atomic mass is 9.97. The Balaban J connectivity index is 1.67. The van der Waals surface area contributed by atoms with Crippen molar-refractivity contribution in [3.63, 3.8) is 0 Å². The first kappa shape index (κ1) is 20.4. The smallest absolute Gasteiger partial charge is 0.258 e. The Bertz CT molecular complexity index is 1050. The van der Waals surface area contributed by atoms with Crippen LogP contribution in [0.5, 0.6) is 5.75 Å². The number of nitrogens with two attached hydrogens (primary N) is 1. The van der Waals surface area contributed by atoms with Gasteiger partial charge in [-0.15, -0.1) is 0 Å². The lowest BCUT2D eigenvalue weighted by Gasteiger charge is -2.20. The van der Waals surface area contributed by atoms with E-state index in [0.717, 1.165) is 34.4 Å². The quantitative estimate of drug-likeness (QED) is 0.760. The first-order valence-corrected chi connectivity index (χ1v) is 10.4. The number of carbonyl (C=O) groups excluding carboxylic acids is 1. The number of ether oxygens (including phenoxy) is 1. The monoisotopic (exact) mass is 424 g/mol. The van der Waals surface area contributed by atoms with Gasteiger partial charge in [0.25, 0.3) is 5.91 Å². The van der Waals surface area contributed by atoms with E-state index in [2.05, 4.69) is 9.98 Å². The molecule has 2 N–H and O–H groups in total. The van der Waals surface area contributed by atoms with Gasteiger partial charge in [-0.25, -0.2) is 0 Å². The fraction of sp³-hybridized carbons (Fsp3) is 0.348. The summed E-state index contributed by atoms with van der Waals surface area (Å²) in [6.07, 6.45) is 6.42. The van der Waals surface area contributed by atoms with Gasteiger partial charge in [0.2, 0.25) is 0 Å². The van der Waals surface area contributed by atoms with Crippen molar-refractivity contribution in [2.75, 3.05) is 13.6 Å². The van der Waals surface area contributed by atoms with Gasteiger partial charge in [-0.3, -0.25) is 14.8 Å². The van der Waals surface area contributed by atoms with Gasteiger partial charge in [0.15, 0.2) is 5.75 Å². The van der Waals surface area contributed by atoms with Crippen molar-refractivity contribution in [2.24, 2.45) is 10.7 Å². The maximum absolute atomic E-state index is 13.1. The molecule has 2 aliphatic heterocycles. The van der Waals surface area contributed by atoms with Gasteiger partial charge >= 0.3 is 0 Å². The van der Waals surface area contributed by atoms with Crippen LogP contribution < -0.4 is 10.5 Å². The van der Waals surface area contributed by atoms with Crippen molar-refractivity contribution in [2.45, 2.75) is 38.8 Å². The zero-order valence-electron chi connectivity index (χ0n) is 17.4. The van der Waals surface area contributed by atoms with Crippen LogP contribution in [0.25, 0.3) is 5.57 Å². The molecular weight excluding hydrogens is 400 g/mol. The van der Waals surface area contributed by atoms with E-state index in [1.54, 1.807) is 13.3 Å². The average molecular weight is 425 g/mol. The molecule has 2 unspecified atom stereocenters. The molecule has 2 aromatic rings. The number of hydrogen-bond acceptors (Lipinski definition) is 5. The van der Waals surface area contributed by atoms with Crippen LogP contribution in [-0.2, 0) is 6.42 Å². The third-order valence-corrected chi connectivity index (χ3v) is 6.44. The van der Waals surface area contributed by atoms with Gasteiger partial charge in [0.05, 0.1) is 22.3 Å². The molecule has 30 heavy (non-hydrogen) atoms. The molecule has 156 valence electrons. The summed E-state index contributed by atoms with van der Waals surface area (Å²) in [5, 5.41) is 0.522. The van der Waals surface area contributed by atoms with Crippen LogP contribution in [-0.4, -0.2) is 47.7 Å². The molecule has 1 fully saturated rings. The zero-order valence-corrected chi connectivity index (χ0v) is 18.1. The van der Waals surface area contributed by atoms with Crippen LogP contribution in [0.1, 0.15) is 46.1 Å². The second-order valence-electron chi connectivity index (χ2n) is 7.77. The number of aliphatic imine (C=N–C) groups is 1. The molecule has 2 bridgehead atoms. The minimum Gasteiger partial charge on any atom is -0.486 e. The maximum atomic E-state index is 13.1. The molecule has 7 heteroatoms. The van der Waals surface area contributed by atoms with Crippen LogP contribution in [0.4, 0.5) is 0 Å². The first-order valence-electron chi connectivity index (χ1n) is 10.0. The number of nitrogens with zero attached hydrogens (tertiary/aromatic N) is 3. The second kappa shape index (κ2) is 8.11. The van der Waals surface area contributed by atoms with Crippen molar-refractivity contribution in [3.05, 3.63) is 63.6 Å². The number of halogens is 1. The summed E-state index contributed by atoms with van der Waals surface area (Å²) in [5.74, 6) is 0.512. The predicted octanol–water partition coefficient (Wildman–Crippen LogP) is 3.63. The molecule has 4 rings (SSSR count). The van der Waals surface area contributed by atoms with Gasteiger partial charge in [-0.1, -0.05) is 17.7 Å². The molecule has 3 heterocycles. The topological polar surface area (TPSA) is 80.8 Å². The van der Waals surface area contributed by atoms with E-state index in [1.807, 2.05) is 43.1 Å². The van der Waals surface area contributed by atoms with Gasteiger partial charge in [-0.05, 0) is 49.1 Å². The fourth-order valence-corrected chi connectivity index (χ4v) is 4.42. The van der Waals surface area contributed by atoms with Crippen molar-refractivity contribution in [1.82, 2.24) is 9.88 Å². The van der Waals surface area contributed by atoms with E-state index < -0.39 is 0 Å². The van der Waals surface area contributed by atoms with Crippen LogP contribution in [0, 0.1) is 6.92 Å². The third-order valence-electron chi connectivity index (χ3n) is 5.98. The third kappa shape index (κ3) is 3.45. The summed E-state index contributed by atoms with van der Waals surface area (Å²) in [7, 11) is 1.69. The van der Waals surface area contributed by atoms with Gasteiger partial charge in [0, 0.05) is 44.2 Å². The van der Waals surface area contributed by atoms with E-state index in [1.165, 1.54) is 6.20 Å². The summed E-state index contributed by atoms with van der Waals surface area (Å²) < 4.78 is 6.19. The number of fused-ring (bicyclic) bond motifs is 3. The minimum atomic E-state index is -0.00861. The number of rotatable bonds is 4. The highest BCUT2D eigenvalue weighted by molar-refractivity contribution is 6.33. The Hall–Kier alpha value is -2.86. The molecule has 2 atom stereocenters. The Morgan fingerprint density at radius 1 is 1.47 bits per heavy atom. The van der Waals surface area contributed by atoms with Crippen LogP contribution >= 0.6 is 11.6 Å². The van der Waals surface area contributed by atoms with Gasteiger partial charge in [0.1, 0.15) is 6.10 Å². The SMILES string of the molecule is CN=C/C(=C\N)c1ccc(Cc2cc3c(c(Cl)c2C)OC2CCN(C3=O)C2C)cn1. The number of allylic oxidation sites excluding steroid dienone is 1. The highest BCUT2D eigenvalue weighted by Gasteiger charge is 2.41. The summed E-state index contributed by atoms with van der Waals surface area (Å²) >= 11 is 6.68. The molecule has 1 amide bonds. The first-order chi connectivity index (χ1) is 14.4. The molecule has 0 saturated carbocycles. The van der Waals surface area contributed by atoms with Crippen LogP contribution in [0.3, 0.4) is 0 Å². The van der Waals surface area contributed by atoms with Crippen molar-refractivity contribution in [1.29, 1.82) is 0 Å². The molecule has 1 saturated heterocycles. The van der Waals surface area contributed by atoms with Crippen LogP contribution in [0.15, 0.2) is 35.6 Å². The fourth-order valence-electron chi connectivity index (χ4n) is 4.15. The number of benzene rings is 1. The normalized spacial score (nSPS) is 21.0. The molecule has 6 nitrogen and oxygen atoms in total. The number of hydrogen-bond donors (Lipinski definition) is 1. The van der Waals surface area contributed by atoms with E-state index in [-0.39, 0.29) is 18.1 Å². The molecule has 0 aliphatic carbocycles. The standard InChI is InChI=1S/C23H25ClN4O2/c1-13-16(8-15-4-5-19(27-11-15)17(10-25)12-26-3)9-18-22(21(13)24)30-20-6-7-28(14(20)2)23(18)29/h4-5,9-12,14,20H,6-8,25H2,1-3H3/b17-10+,26-12?. The molecule has 1 aromatic carbocycles. The Morgan fingerprint density at radius 2 is 2.27 bits per heavy atom. The Morgan fingerprint density at radius 3 is 2.93 bits per heavy atom. The van der Waals surface area contributed by atoms with Crippen molar-refractivity contribution >= 4 is 29.3 Å². The molecular formula is C23H25ClN4O2. The van der Waals surface area contributed by atoms with Crippen molar-refractivity contribution < 1.29 is 9.53 Å². The lowest BCUT2D eigenvalue weighted by molar-refractivity contribution is 0.0730.